The molecule has 3 fully saturated rings. The van der Waals surface area contributed by atoms with E-state index >= 15 is 0 Å². The van der Waals surface area contributed by atoms with Crippen LogP contribution in [0.4, 0.5) is 4.79 Å². The number of hydrogen-bond acceptors (Lipinski definition) is 7. The summed E-state index contributed by atoms with van der Waals surface area (Å²) in [6.07, 6.45) is 5.61. The number of carbonyl (C=O) groups excluding carboxylic acids is 1. The Kier molecular flexibility index (Phi) is 6.03. The van der Waals surface area contributed by atoms with Crippen LogP contribution in [0.15, 0.2) is 47.2 Å². The molecule has 0 spiro atoms. The molecule has 3 aromatic rings. The van der Waals surface area contributed by atoms with Crippen molar-refractivity contribution >= 4 is 6.03 Å². The average Bonchev–Trinajstić information content (AvgIpc) is 3.52. The van der Waals surface area contributed by atoms with Gasteiger partial charge in [-0.2, -0.15) is 4.98 Å². The highest BCUT2D eigenvalue weighted by Crippen LogP contribution is 2.50. The molecule has 2 amide bonds. The first-order chi connectivity index (χ1) is 18.2. The predicted octanol–water partition coefficient (Wildman–Crippen LogP) is 3.84. The van der Waals surface area contributed by atoms with Crippen LogP contribution in [0.5, 0.6) is 0 Å². The number of urea groups is 1. The largest absolute Gasteiger partial charge is 0.380 e. The van der Waals surface area contributed by atoms with E-state index in [-0.39, 0.29) is 6.03 Å². The van der Waals surface area contributed by atoms with Gasteiger partial charge in [0, 0.05) is 61.2 Å². The van der Waals surface area contributed by atoms with Crippen molar-refractivity contribution in [2.24, 2.45) is 5.41 Å². The lowest BCUT2D eigenvalue weighted by Gasteiger charge is -2.55. The van der Waals surface area contributed by atoms with Gasteiger partial charge in [-0.3, -0.25) is 4.98 Å². The van der Waals surface area contributed by atoms with Gasteiger partial charge in [0.2, 0.25) is 11.7 Å². The van der Waals surface area contributed by atoms with Gasteiger partial charge in [-0.15, -0.1) is 0 Å². The summed E-state index contributed by atoms with van der Waals surface area (Å²) in [5.41, 5.74) is 1.79. The smallest absolute Gasteiger partial charge is 0.320 e. The van der Waals surface area contributed by atoms with E-state index in [1.165, 1.54) is 5.56 Å². The number of likely N-dealkylation sites (tertiary alicyclic amines) is 1. The highest BCUT2D eigenvalue weighted by Gasteiger charge is 2.55. The zero-order chi connectivity index (χ0) is 26.7. The summed E-state index contributed by atoms with van der Waals surface area (Å²) in [6.45, 7) is 9.68. The van der Waals surface area contributed by atoms with E-state index in [1.54, 1.807) is 17.3 Å². The molecular formula is C29H36N6O3. The third-order valence-corrected chi connectivity index (χ3v) is 8.43. The summed E-state index contributed by atoms with van der Waals surface area (Å²) in [5.74, 6) is 1.20. The summed E-state index contributed by atoms with van der Waals surface area (Å²) in [5, 5.41) is 16.7. The lowest BCUT2D eigenvalue weighted by molar-refractivity contribution is -0.127. The van der Waals surface area contributed by atoms with Gasteiger partial charge in [-0.25, -0.2) is 4.79 Å². The zero-order valence-corrected chi connectivity index (χ0v) is 22.6. The third kappa shape index (κ3) is 4.18. The van der Waals surface area contributed by atoms with Gasteiger partial charge in [-0.1, -0.05) is 50.2 Å². The number of benzene rings is 1. The van der Waals surface area contributed by atoms with Crippen LogP contribution in [-0.2, 0) is 12.1 Å². The van der Waals surface area contributed by atoms with E-state index in [1.807, 2.05) is 23.1 Å². The Balaban J connectivity index is 1.29. The van der Waals surface area contributed by atoms with Crippen LogP contribution in [0.2, 0.25) is 0 Å². The number of hydrogen-bond donors (Lipinski definition) is 1. The molecule has 200 valence electrons. The average molecular weight is 517 g/mol. The number of nitrogens with zero attached hydrogens (tertiary/aromatic N) is 6. The Bertz CT molecular complexity index is 1330. The van der Waals surface area contributed by atoms with E-state index in [0.29, 0.717) is 47.9 Å². The van der Waals surface area contributed by atoms with Gasteiger partial charge in [0.25, 0.3) is 0 Å². The monoisotopic (exact) mass is 516 g/mol. The predicted molar refractivity (Wildman–Crippen MR) is 142 cm³/mol. The molecule has 3 aliphatic rings. The number of carbonyl (C=O) groups is 1. The molecule has 38 heavy (non-hydrogen) atoms. The van der Waals surface area contributed by atoms with Gasteiger partial charge < -0.3 is 24.3 Å². The van der Waals surface area contributed by atoms with Crippen LogP contribution in [0.3, 0.4) is 0 Å². The van der Waals surface area contributed by atoms with E-state index in [2.05, 4.69) is 60.0 Å². The van der Waals surface area contributed by atoms with Crippen LogP contribution in [0.1, 0.15) is 62.1 Å². The molecule has 1 unspecified atom stereocenters. The quantitative estimate of drug-likeness (QED) is 0.486. The van der Waals surface area contributed by atoms with Crippen molar-refractivity contribution < 1.29 is 14.4 Å². The maximum Gasteiger partial charge on any atom is 0.320 e. The van der Waals surface area contributed by atoms with Crippen LogP contribution < -0.4 is 0 Å². The Morgan fingerprint density at radius 3 is 2.53 bits per heavy atom. The van der Waals surface area contributed by atoms with Gasteiger partial charge in [0.1, 0.15) is 12.1 Å². The first-order valence-electron chi connectivity index (χ1n) is 13.5. The number of aliphatic hydroxyl groups is 1. The van der Waals surface area contributed by atoms with Gasteiger partial charge in [0.15, 0.2) is 0 Å². The summed E-state index contributed by atoms with van der Waals surface area (Å²) < 4.78 is 5.53. The molecule has 4 heterocycles. The van der Waals surface area contributed by atoms with Crippen molar-refractivity contribution in [3.63, 3.8) is 0 Å². The highest BCUT2D eigenvalue weighted by atomic mass is 16.5. The van der Waals surface area contributed by atoms with Crippen LogP contribution in [0.25, 0.3) is 11.4 Å². The van der Waals surface area contributed by atoms with E-state index in [0.717, 1.165) is 38.0 Å². The highest BCUT2D eigenvalue weighted by molar-refractivity contribution is 5.77. The minimum Gasteiger partial charge on any atom is -0.380 e. The normalized spacial score (nSPS) is 21.2. The fraction of sp³-hybridized carbons (Fsp3) is 0.517. The standard InChI is InChI=1S/C29H36N6O3/c1-19(2)20-5-7-22(8-6-20)29(37,28(3)17-33(4)18-28)23-13-21(14-30-15-23)26-31-25(38-32-26)16-34-11-12-35(27(34)36)24-9-10-24/h5-8,13-15,19,24,37H,9-12,16-18H2,1-4H3. The minimum atomic E-state index is -1.25. The molecule has 1 saturated carbocycles. The maximum atomic E-state index is 12.7. The lowest BCUT2D eigenvalue weighted by Crippen LogP contribution is -2.63. The minimum absolute atomic E-state index is 0.0446. The molecule has 1 aliphatic carbocycles. The molecule has 9 heteroatoms. The number of rotatable bonds is 8. The van der Waals surface area contributed by atoms with Crippen molar-refractivity contribution in [3.8, 4) is 11.4 Å². The molecule has 0 radical (unpaired) electrons. The number of pyridine rings is 1. The van der Waals surface area contributed by atoms with Gasteiger partial charge in [-0.05, 0) is 43.0 Å². The Labute approximate surface area is 223 Å². The number of amides is 2. The van der Waals surface area contributed by atoms with E-state index in [4.69, 9.17) is 4.52 Å². The molecule has 1 atom stereocenters. The van der Waals surface area contributed by atoms with Crippen LogP contribution in [0, 0.1) is 5.41 Å². The van der Waals surface area contributed by atoms with Crippen molar-refractivity contribution in [1.82, 2.24) is 29.8 Å². The summed E-state index contributed by atoms with van der Waals surface area (Å²) in [4.78, 5) is 27.7. The van der Waals surface area contributed by atoms with Gasteiger partial charge in [0.05, 0.1) is 0 Å². The zero-order valence-electron chi connectivity index (χ0n) is 22.6. The second-order valence-corrected chi connectivity index (χ2v) is 11.8. The molecule has 2 aromatic heterocycles. The summed E-state index contributed by atoms with van der Waals surface area (Å²) in [6, 6.07) is 10.6. The van der Waals surface area contributed by atoms with Crippen molar-refractivity contribution in [3.05, 3.63) is 65.3 Å². The fourth-order valence-electron chi connectivity index (χ4n) is 6.18. The number of aromatic nitrogens is 3. The van der Waals surface area contributed by atoms with Crippen LogP contribution >= 0.6 is 0 Å². The molecule has 6 rings (SSSR count). The van der Waals surface area contributed by atoms with Crippen molar-refractivity contribution in [2.45, 2.75) is 57.7 Å². The lowest BCUT2D eigenvalue weighted by atomic mass is 9.62. The second kappa shape index (κ2) is 9.17. The molecule has 9 nitrogen and oxygen atoms in total. The Hall–Kier alpha value is -3.30. The van der Waals surface area contributed by atoms with E-state index < -0.39 is 11.0 Å². The second-order valence-electron chi connectivity index (χ2n) is 11.8. The first kappa shape index (κ1) is 25.0. The molecule has 2 saturated heterocycles. The van der Waals surface area contributed by atoms with E-state index in [9.17, 15) is 9.90 Å². The molecule has 1 N–H and O–H groups in total. The Morgan fingerprint density at radius 2 is 1.87 bits per heavy atom. The SMILES string of the molecule is CC(C)c1ccc(C(O)(c2cncc(-c3noc(CN4CCN(C5CC5)C4=O)n3)c2)C2(C)CN(C)C2)cc1. The topological polar surface area (TPSA) is 98.8 Å². The van der Waals surface area contributed by atoms with Crippen molar-refractivity contribution in [1.29, 1.82) is 0 Å². The van der Waals surface area contributed by atoms with Crippen molar-refractivity contribution in [2.75, 3.05) is 33.2 Å². The molecule has 1 aromatic carbocycles. The van der Waals surface area contributed by atoms with Crippen LogP contribution in [-0.4, -0.2) is 80.2 Å². The molecular weight excluding hydrogens is 480 g/mol. The maximum absolute atomic E-state index is 12.7. The summed E-state index contributed by atoms with van der Waals surface area (Å²) in [7, 11) is 2.06. The van der Waals surface area contributed by atoms with Gasteiger partial charge >= 0.3 is 6.03 Å². The fourth-order valence-corrected chi connectivity index (χ4v) is 6.18. The molecule has 2 aliphatic heterocycles. The molecule has 0 bridgehead atoms. The summed E-state index contributed by atoms with van der Waals surface area (Å²) >= 11 is 0. The Morgan fingerprint density at radius 1 is 1.13 bits per heavy atom. The first-order valence-corrected chi connectivity index (χ1v) is 13.5. The third-order valence-electron chi connectivity index (χ3n) is 8.43.